The number of rotatable bonds is 2. The first-order valence-corrected chi connectivity index (χ1v) is 6.19. The van der Waals surface area contributed by atoms with Crippen molar-refractivity contribution in [2.45, 2.75) is 51.6 Å². The molecule has 0 saturated heterocycles. The Hall–Kier alpha value is -1.05. The van der Waals surface area contributed by atoms with Crippen molar-refractivity contribution in [1.82, 2.24) is 0 Å². The van der Waals surface area contributed by atoms with Gasteiger partial charge in [-0.3, -0.25) is 0 Å². The lowest BCUT2D eigenvalue weighted by Crippen LogP contribution is -2.16. The summed E-state index contributed by atoms with van der Waals surface area (Å²) < 4.78 is 19.5. The Morgan fingerprint density at radius 1 is 1.12 bits per heavy atom. The number of ether oxygens (including phenoxy) is 1. The van der Waals surface area contributed by atoms with E-state index in [2.05, 4.69) is 0 Å². The second-order valence-electron chi connectivity index (χ2n) is 4.62. The molecule has 1 aliphatic carbocycles. The van der Waals surface area contributed by atoms with Gasteiger partial charge in [-0.25, -0.2) is 4.39 Å². The molecule has 0 atom stereocenters. The molecule has 1 aromatic carbocycles. The van der Waals surface area contributed by atoms with Crippen molar-refractivity contribution >= 4 is 0 Å². The Morgan fingerprint density at radius 3 is 2.50 bits per heavy atom. The van der Waals surface area contributed by atoms with E-state index >= 15 is 0 Å². The van der Waals surface area contributed by atoms with Gasteiger partial charge in [0.15, 0.2) is 11.6 Å². The topological polar surface area (TPSA) is 9.23 Å². The first-order chi connectivity index (χ1) is 7.77. The van der Waals surface area contributed by atoms with E-state index in [1.54, 1.807) is 19.1 Å². The highest BCUT2D eigenvalue weighted by Gasteiger charge is 2.15. The maximum Gasteiger partial charge on any atom is 0.167 e. The number of aryl methyl sites for hydroxylation is 1. The van der Waals surface area contributed by atoms with Gasteiger partial charge in [-0.2, -0.15) is 0 Å². The summed E-state index contributed by atoms with van der Waals surface area (Å²) in [6.45, 7) is 1.77. The normalized spacial score (nSPS) is 18.1. The first kappa shape index (κ1) is 11.4. The van der Waals surface area contributed by atoms with Gasteiger partial charge in [0.05, 0.1) is 6.10 Å². The van der Waals surface area contributed by atoms with Crippen LogP contribution in [0.5, 0.6) is 5.75 Å². The van der Waals surface area contributed by atoms with Crippen LogP contribution in [0.15, 0.2) is 18.2 Å². The predicted molar refractivity (Wildman–Crippen MR) is 63.3 cm³/mol. The van der Waals surface area contributed by atoms with Crippen molar-refractivity contribution in [2.75, 3.05) is 0 Å². The molecule has 0 N–H and O–H groups in total. The molecular weight excluding hydrogens is 203 g/mol. The first-order valence-electron chi connectivity index (χ1n) is 6.19. The Morgan fingerprint density at radius 2 is 1.81 bits per heavy atom. The molecule has 0 spiro atoms. The van der Waals surface area contributed by atoms with Gasteiger partial charge < -0.3 is 4.74 Å². The van der Waals surface area contributed by atoms with Crippen LogP contribution in [-0.4, -0.2) is 6.10 Å². The lowest BCUT2D eigenvalue weighted by molar-refractivity contribution is 0.175. The van der Waals surface area contributed by atoms with Crippen molar-refractivity contribution < 1.29 is 9.13 Å². The Balaban J connectivity index is 2.04. The molecule has 0 heterocycles. The lowest BCUT2D eigenvalue weighted by Gasteiger charge is -2.17. The predicted octanol–water partition coefficient (Wildman–Crippen LogP) is 4.24. The van der Waals surface area contributed by atoms with E-state index in [1.165, 1.54) is 25.7 Å². The third-order valence-corrected chi connectivity index (χ3v) is 3.25. The van der Waals surface area contributed by atoms with E-state index < -0.39 is 0 Å². The zero-order chi connectivity index (χ0) is 11.4. The van der Waals surface area contributed by atoms with Crippen LogP contribution >= 0.6 is 0 Å². The molecule has 1 nitrogen and oxygen atoms in total. The fourth-order valence-corrected chi connectivity index (χ4v) is 2.25. The van der Waals surface area contributed by atoms with Crippen LogP contribution in [0.25, 0.3) is 0 Å². The van der Waals surface area contributed by atoms with Crippen LogP contribution in [0, 0.1) is 12.7 Å². The smallest absolute Gasteiger partial charge is 0.167 e. The van der Waals surface area contributed by atoms with Gasteiger partial charge in [0, 0.05) is 0 Å². The minimum absolute atomic E-state index is 0.202. The van der Waals surface area contributed by atoms with Gasteiger partial charge in [-0.1, -0.05) is 25.0 Å². The van der Waals surface area contributed by atoms with Crippen LogP contribution in [0.1, 0.15) is 44.1 Å². The second kappa shape index (κ2) is 5.33. The van der Waals surface area contributed by atoms with Crippen LogP contribution in [0.2, 0.25) is 0 Å². The summed E-state index contributed by atoms with van der Waals surface area (Å²) in [5.74, 6) is 0.221. The monoisotopic (exact) mass is 222 g/mol. The molecule has 2 heteroatoms. The molecule has 0 bridgehead atoms. The third-order valence-electron chi connectivity index (χ3n) is 3.25. The average molecular weight is 222 g/mol. The average Bonchev–Trinajstić information content (AvgIpc) is 2.53. The minimum Gasteiger partial charge on any atom is -0.487 e. The van der Waals surface area contributed by atoms with Crippen molar-refractivity contribution in [2.24, 2.45) is 0 Å². The number of benzene rings is 1. The molecule has 0 unspecified atom stereocenters. The standard InChI is InChI=1S/C14H19FO/c1-11-7-6-10-13(14(11)15)16-12-8-4-2-3-5-9-12/h6-7,10,12H,2-5,8-9H2,1H3. The van der Waals surface area contributed by atoms with E-state index in [0.717, 1.165) is 12.8 Å². The zero-order valence-corrected chi connectivity index (χ0v) is 9.84. The summed E-state index contributed by atoms with van der Waals surface area (Å²) in [5, 5.41) is 0. The molecule has 0 aromatic heterocycles. The summed E-state index contributed by atoms with van der Waals surface area (Å²) in [4.78, 5) is 0. The van der Waals surface area contributed by atoms with Crippen molar-refractivity contribution in [3.05, 3.63) is 29.6 Å². The third kappa shape index (κ3) is 2.75. The van der Waals surface area contributed by atoms with E-state index in [1.807, 2.05) is 6.07 Å². The second-order valence-corrected chi connectivity index (χ2v) is 4.62. The Bertz CT molecular complexity index is 341. The molecule has 1 fully saturated rings. The minimum atomic E-state index is -0.202. The van der Waals surface area contributed by atoms with Gasteiger partial charge in [-0.15, -0.1) is 0 Å². The van der Waals surface area contributed by atoms with Gasteiger partial charge in [0.1, 0.15) is 0 Å². The summed E-state index contributed by atoms with van der Waals surface area (Å²) >= 11 is 0. The quantitative estimate of drug-likeness (QED) is 0.680. The maximum absolute atomic E-state index is 13.7. The van der Waals surface area contributed by atoms with E-state index in [9.17, 15) is 4.39 Å². The maximum atomic E-state index is 13.7. The summed E-state index contributed by atoms with van der Waals surface area (Å²) in [5.41, 5.74) is 0.658. The summed E-state index contributed by atoms with van der Waals surface area (Å²) in [6.07, 6.45) is 7.32. The van der Waals surface area contributed by atoms with Gasteiger partial charge in [0.25, 0.3) is 0 Å². The molecule has 2 rings (SSSR count). The van der Waals surface area contributed by atoms with Crippen molar-refractivity contribution in [3.63, 3.8) is 0 Å². The Labute approximate surface area is 96.6 Å². The van der Waals surface area contributed by atoms with E-state index in [4.69, 9.17) is 4.74 Å². The Kier molecular flexibility index (Phi) is 3.81. The van der Waals surface area contributed by atoms with Crippen LogP contribution in [0.4, 0.5) is 4.39 Å². The molecule has 0 aliphatic heterocycles. The molecular formula is C14H19FO. The highest BCUT2D eigenvalue weighted by Crippen LogP contribution is 2.25. The molecule has 0 amide bonds. The number of halogens is 1. The van der Waals surface area contributed by atoms with Gasteiger partial charge in [0.2, 0.25) is 0 Å². The SMILES string of the molecule is Cc1cccc(OC2CCCCCC2)c1F. The van der Waals surface area contributed by atoms with E-state index in [0.29, 0.717) is 11.3 Å². The molecule has 1 aromatic rings. The van der Waals surface area contributed by atoms with Gasteiger partial charge >= 0.3 is 0 Å². The van der Waals surface area contributed by atoms with Gasteiger partial charge in [-0.05, 0) is 44.2 Å². The van der Waals surface area contributed by atoms with Crippen LogP contribution in [-0.2, 0) is 0 Å². The zero-order valence-electron chi connectivity index (χ0n) is 9.84. The number of hydrogen-bond acceptors (Lipinski definition) is 1. The fraction of sp³-hybridized carbons (Fsp3) is 0.571. The van der Waals surface area contributed by atoms with Crippen LogP contribution < -0.4 is 4.74 Å². The van der Waals surface area contributed by atoms with Crippen molar-refractivity contribution in [1.29, 1.82) is 0 Å². The highest BCUT2D eigenvalue weighted by molar-refractivity contribution is 5.30. The highest BCUT2D eigenvalue weighted by atomic mass is 19.1. The molecule has 88 valence electrons. The van der Waals surface area contributed by atoms with Crippen molar-refractivity contribution in [3.8, 4) is 5.75 Å². The largest absolute Gasteiger partial charge is 0.487 e. The summed E-state index contributed by atoms with van der Waals surface area (Å²) in [6, 6.07) is 5.35. The van der Waals surface area contributed by atoms with E-state index in [-0.39, 0.29) is 11.9 Å². The fourth-order valence-electron chi connectivity index (χ4n) is 2.25. The number of hydrogen-bond donors (Lipinski definition) is 0. The molecule has 16 heavy (non-hydrogen) atoms. The molecule has 0 radical (unpaired) electrons. The lowest BCUT2D eigenvalue weighted by atomic mass is 10.1. The molecule has 1 saturated carbocycles. The summed E-state index contributed by atoms with van der Waals surface area (Å²) in [7, 11) is 0. The van der Waals surface area contributed by atoms with Crippen LogP contribution in [0.3, 0.4) is 0 Å². The molecule has 1 aliphatic rings.